The van der Waals surface area contributed by atoms with Crippen molar-refractivity contribution in [2.24, 2.45) is 0 Å². The van der Waals surface area contributed by atoms with Gasteiger partial charge in [-0.25, -0.2) is 0 Å². The largest absolute Gasteiger partial charge is 0.300 e. The van der Waals surface area contributed by atoms with Crippen LogP contribution in [0.2, 0.25) is 0 Å². The topological polar surface area (TPSA) is 17.1 Å². The summed E-state index contributed by atoms with van der Waals surface area (Å²) in [5.74, 6) is 0.501. The molecule has 0 aliphatic heterocycles. The van der Waals surface area contributed by atoms with E-state index in [1.54, 1.807) is 0 Å². The molecule has 1 saturated carbocycles. The number of hydrogen-bond acceptors (Lipinski definition) is 1. The zero-order chi connectivity index (χ0) is 9.36. The third kappa shape index (κ3) is 7.43. The average molecular weight is 216 g/mol. The summed E-state index contributed by atoms with van der Waals surface area (Å²) in [6.07, 6.45) is 13.4. The molecule has 0 aromatic heterocycles. The lowest BCUT2D eigenvalue weighted by Crippen LogP contribution is -1.98. The van der Waals surface area contributed by atoms with Crippen molar-refractivity contribution < 1.29 is 4.79 Å². The van der Waals surface area contributed by atoms with Gasteiger partial charge in [0, 0.05) is 12.8 Å². The molecule has 0 amide bonds. The molecule has 0 radical (unpaired) electrons. The van der Waals surface area contributed by atoms with Gasteiger partial charge in [-0.3, -0.25) is 4.79 Å². The zero-order valence-electron chi connectivity index (χ0n) is 9.19. The van der Waals surface area contributed by atoms with Crippen LogP contribution in [0, 0.1) is 0 Å². The molecular weight excluding hydrogens is 192 g/mol. The molecule has 1 nitrogen and oxygen atoms in total. The monoisotopic (exact) mass is 216 g/mol. The predicted molar refractivity (Wildman–Crippen MR) is 66.2 cm³/mol. The Kier molecular flexibility index (Phi) is 9.58. The molecule has 14 heavy (non-hydrogen) atoms. The fourth-order valence-electron chi connectivity index (χ4n) is 2.01. The fourth-order valence-corrected chi connectivity index (χ4v) is 2.01. The van der Waals surface area contributed by atoms with Crippen molar-refractivity contribution in [3.8, 4) is 0 Å². The van der Waals surface area contributed by atoms with Crippen molar-refractivity contribution in [1.82, 2.24) is 0 Å². The minimum Gasteiger partial charge on any atom is -0.300 e. The van der Waals surface area contributed by atoms with Crippen molar-refractivity contribution >= 4 is 19.3 Å². The van der Waals surface area contributed by atoms with Gasteiger partial charge in [0.15, 0.2) is 0 Å². The first-order chi connectivity index (χ1) is 6.39. The van der Waals surface area contributed by atoms with Crippen LogP contribution in [-0.4, -0.2) is 5.78 Å². The standard InChI is InChI=1S/C12H22O.H2S/c13-12-10-8-6-4-2-1-3-5-7-9-11-12;/h1-11H2;1H2. The molecule has 1 fully saturated rings. The lowest BCUT2D eigenvalue weighted by molar-refractivity contribution is -0.119. The summed E-state index contributed by atoms with van der Waals surface area (Å²) >= 11 is 0. The molecule has 84 valence electrons. The van der Waals surface area contributed by atoms with Gasteiger partial charge < -0.3 is 0 Å². The van der Waals surface area contributed by atoms with E-state index >= 15 is 0 Å². The second kappa shape index (κ2) is 9.57. The highest BCUT2D eigenvalue weighted by Gasteiger charge is 2.02. The van der Waals surface area contributed by atoms with Gasteiger partial charge in [-0.1, -0.05) is 44.9 Å². The maximum atomic E-state index is 11.3. The highest BCUT2D eigenvalue weighted by atomic mass is 32.1. The predicted octanol–water partition coefficient (Wildman–Crippen LogP) is 3.97. The second-order valence-electron chi connectivity index (χ2n) is 4.22. The first kappa shape index (κ1) is 14.0. The number of hydrogen-bond donors (Lipinski definition) is 0. The summed E-state index contributed by atoms with van der Waals surface area (Å²) < 4.78 is 0. The SMILES string of the molecule is O=C1CCCCCCCCCCC1.S. The summed E-state index contributed by atoms with van der Waals surface area (Å²) in [4.78, 5) is 11.3. The molecule has 0 saturated heterocycles. The Morgan fingerprint density at radius 3 is 1.21 bits per heavy atom. The normalized spacial score (nSPS) is 21.6. The summed E-state index contributed by atoms with van der Waals surface area (Å²) in [6.45, 7) is 0. The third-order valence-corrected chi connectivity index (χ3v) is 2.91. The first-order valence-corrected chi connectivity index (χ1v) is 5.91. The van der Waals surface area contributed by atoms with Gasteiger partial charge in [-0.05, 0) is 12.8 Å². The van der Waals surface area contributed by atoms with E-state index in [9.17, 15) is 4.79 Å². The fraction of sp³-hybridized carbons (Fsp3) is 0.917. The Bertz CT molecular complexity index is 131. The lowest BCUT2D eigenvalue weighted by Gasteiger charge is -2.05. The number of rotatable bonds is 0. The van der Waals surface area contributed by atoms with Crippen LogP contribution in [0.25, 0.3) is 0 Å². The average Bonchev–Trinajstić information content (AvgIpc) is 2.11. The molecule has 0 aromatic carbocycles. The summed E-state index contributed by atoms with van der Waals surface area (Å²) in [6, 6.07) is 0. The maximum absolute atomic E-state index is 11.3. The van der Waals surface area contributed by atoms with Crippen LogP contribution in [-0.2, 0) is 4.79 Å². The minimum absolute atomic E-state index is 0. The van der Waals surface area contributed by atoms with Gasteiger partial charge >= 0.3 is 0 Å². The van der Waals surface area contributed by atoms with Crippen LogP contribution in [0.1, 0.15) is 70.6 Å². The lowest BCUT2D eigenvalue weighted by atomic mass is 10.0. The van der Waals surface area contributed by atoms with Crippen LogP contribution in [0.5, 0.6) is 0 Å². The quantitative estimate of drug-likeness (QED) is 0.599. The molecule has 0 atom stereocenters. The van der Waals surface area contributed by atoms with E-state index < -0.39 is 0 Å². The van der Waals surface area contributed by atoms with E-state index in [0.717, 1.165) is 25.7 Å². The highest BCUT2D eigenvalue weighted by Crippen LogP contribution is 2.14. The Labute approximate surface area is 95.1 Å². The van der Waals surface area contributed by atoms with Crippen LogP contribution in [0.3, 0.4) is 0 Å². The number of Topliss-reactive ketones (excluding diaryl/α,β-unsaturated/α-hetero) is 1. The van der Waals surface area contributed by atoms with E-state index in [4.69, 9.17) is 0 Å². The molecule has 0 aromatic rings. The molecule has 2 heteroatoms. The van der Waals surface area contributed by atoms with Crippen LogP contribution in [0.4, 0.5) is 0 Å². The summed E-state index contributed by atoms with van der Waals surface area (Å²) in [5, 5.41) is 0. The molecule has 1 aliphatic carbocycles. The highest BCUT2D eigenvalue weighted by molar-refractivity contribution is 7.59. The van der Waals surface area contributed by atoms with Crippen molar-refractivity contribution in [2.75, 3.05) is 0 Å². The van der Waals surface area contributed by atoms with E-state index in [1.807, 2.05) is 0 Å². The Morgan fingerprint density at radius 1 is 0.571 bits per heavy atom. The Morgan fingerprint density at radius 2 is 0.857 bits per heavy atom. The van der Waals surface area contributed by atoms with E-state index in [0.29, 0.717) is 5.78 Å². The molecule has 1 rings (SSSR count). The molecule has 0 spiro atoms. The number of carbonyl (C=O) groups is 1. The number of ketones is 1. The van der Waals surface area contributed by atoms with Crippen molar-refractivity contribution in [2.45, 2.75) is 70.6 Å². The molecule has 1 aliphatic rings. The zero-order valence-corrected chi connectivity index (χ0v) is 10.2. The molecule has 0 N–H and O–H groups in total. The van der Waals surface area contributed by atoms with Gasteiger partial charge in [-0.15, -0.1) is 0 Å². The van der Waals surface area contributed by atoms with Crippen molar-refractivity contribution in [1.29, 1.82) is 0 Å². The van der Waals surface area contributed by atoms with Crippen LogP contribution >= 0.6 is 13.5 Å². The molecule has 0 heterocycles. The van der Waals surface area contributed by atoms with E-state index in [-0.39, 0.29) is 13.5 Å². The van der Waals surface area contributed by atoms with Crippen molar-refractivity contribution in [3.05, 3.63) is 0 Å². The molecular formula is C12H24OS. The van der Waals surface area contributed by atoms with Crippen molar-refractivity contribution in [3.63, 3.8) is 0 Å². The van der Waals surface area contributed by atoms with E-state index in [1.165, 1.54) is 44.9 Å². The van der Waals surface area contributed by atoms with Gasteiger partial charge in [-0.2, -0.15) is 13.5 Å². The van der Waals surface area contributed by atoms with Gasteiger partial charge in [0.2, 0.25) is 0 Å². The summed E-state index contributed by atoms with van der Waals surface area (Å²) in [5.41, 5.74) is 0. The van der Waals surface area contributed by atoms with Gasteiger partial charge in [0.25, 0.3) is 0 Å². The first-order valence-electron chi connectivity index (χ1n) is 5.91. The Balaban J connectivity index is 0.00000169. The minimum atomic E-state index is 0. The van der Waals surface area contributed by atoms with E-state index in [2.05, 4.69) is 0 Å². The second-order valence-corrected chi connectivity index (χ2v) is 4.22. The number of carbonyl (C=O) groups excluding carboxylic acids is 1. The van der Waals surface area contributed by atoms with Gasteiger partial charge in [0.1, 0.15) is 5.78 Å². The third-order valence-electron chi connectivity index (χ3n) is 2.91. The Hall–Kier alpha value is 0.0200. The van der Waals surface area contributed by atoms with Gasteiger partial charge in [0.05, 0.1) is 0 Å². The van der Waals surface area contributed by atoms with Crippen LogP contribution < -0.4 is 0 Å². The maximum Gasteiger partial charge on any atom is 0.132 e. The molecule has 0 unspecified atom stereocenters. The van der Waals surface area contributed by atoms with Crippen LogP contribution in [0.15, 0.2) is 0 Å². The summed E-state index contributed by atoms with van der Waals surface area (Å²) in [7, 11) is 0. The molecule has 0 bridgehead atoms. The smallest absolute Gasteiger partial charge is 0.132 e.